The van der Waals surface area contributed by atoms with E-state index in [1.165, 1.54) is 24.1 Å². The molecule has 0 bridgehead atoms. The van der Waals surface area contributed by atoms with E-state index in [0.29, 0.717) is 12.0 Å². The Hall–Kier alpha value is -1.75. The number of nitrogens with two attached hydrogens (primary N) is 1. The van der Waals surface area contributed by atoms with E-state index in [2.05, 4.69) is 39.7 Å². The molecule has 1 aromatic rings. The number of hydrogen-bond donors (Lipinski definition) is 3. The van der Waals surface area contributed by atoms with E-state index in [1.54, 1.807) is 0 Å². The summed E-state index contributed by atoms with van der Waals surface area (Å²) in [5, 5.41) is 3.27. The van der Waals surface area contributed by atoms with E-state index >= 15 is 0 Å². The molecule has 0 aromatic heterocycles. The topological polar surface area (TPSA) is 65.7 Å². The molecule has 4 N–H and O–H groups in total. The molecule has 1 saturated carbocycles. The van der Waals surface area contributed by atoms with Crippen molar-refractivity contribution in [2.24, 2.45) is 10.8 Å². The van der Waals surface area contributed by atoms with Crippen molar-refractivity contribution in [3.63, 3.8) is 0 Å². The van der Waals surface area contributed by atoms with Gasteiger partial charge in [-0.15, -0.1) is 0 Å². The second kappa shape index (κ2) is 6.61. The van der Waals surface area contributed by atoms with Gasteiger partial charge in [0.15, 0.2) is 0 Å². The van der Waals surface area contributed by atoms with Crippen LogP contribution in [0.15, 0.2) is 23.2 Å². The average molecular weight is 275 g/mol. The molecule has 0 unspecified atom stereocenters. The van der Waals surface area contributed by atoms with Gasteiger partial charge in [0.05, 0.1) is 6.04 Å². The molecular weight excluding hydrogens is 250 g/mol. The minimum Gasteiger partial charge on any atom is -0.377 e. The first-order valence-electron chi connectivity index (χ1n) is 7.19. The Morgan fingerprint density at radius 2 is 2.00 bits per heavy atom. The van der Waals surface area contributed by atoms with Gasteiger partial charge in [-0.3, -0.25) is 5.43 Å². The Bertz CT molecular complexity index is 475. The van der Waals surface area contributed by atoms with Crippen LogP contribution >= 0.6 is 0 Å². The fraction of sp³-hybridized carbons (Fsp3) is 0.533. The molecule has 2 rings (SSSR count). The van der Waals surface area contributed by atoms with Crippen LogP contribution in [0.3, 0.4) is 0 Å². The van der Waals surface area contributed by atoms with Crippen molar-refractivity contribution >= 4 is 17.3 Å². The minimum atomic E-state index is 0.396. The Kier molecular flexibility index (Phi) is 4.84. The van der Waals surface area contributed by atoms with Gasteiger partial charge in [0.2, 0.25) is 5.96 Å². The smallest absolute Gasteiger partial charge is 0.210 e. The highest BCUT2D eigenvalue weighted by atomic mass is 15.3. The molecule has 0 aliphatic heterocycles. The van der Waals surface area contributed by atoms with Crippen molar-refractivity contribution in [2.45, 2.75) is 38.6 Å². The molecule has 5 heteroatoms. The lowest BCUT2D eigenvalue weighted by atomic mass is 10.1. The van der Waals surface area contributed by atoms with Gasteiger partial charge >= 0.3 is 0 Å². The maximum absolute atomic E-state index is 5.57. The van der Waals surface area contributed by atoms with Gasteiger partial charge in [0.25, 0.3) is 0 Å². The zero-order valence-corrected chi connectivity index (χ0v) is 12.6. The number of benzene rings is 1. The molecule has 0 atom stereocenters. The van der Waals surface area contributed by atoms with Gasteiger partial charge < -0.3 is 10.2 Å². The van der Waals surface area contributed by atoms with Gasteiger partial charge in [-0.05, 0) is 37.5 Å². The molecule has 0 radical (unpaired) electrons. The van der Waals surface area contributed by atoms with Gasteiger partial charge in [0, 0.05) is 25.5 Å². The van der Waals surface area contributed by atoms with E-state index < -0.39 is 0 Å². The number of nitrogens with zero attached hydrogens (tertiary/aromatic N) is 2. The van der Waals surface area contributed by atoms with Gasteiger partial charge in [-0.25, -0.2) is 10.8 Å². The van der Waals surface area contributed by atoms with Crippen molar-refractivity contribution in [2.75, 3.05) is 24.3 Å². The minimum absolute atomic E-state index is 0.396. The van der Waals surface area contributed by atoms with Crippen molar-refractivity contribution in [3.05, 3.63) is 23.8 Å². The third-order valence-corrected chi connectivity index (χ3v) is 3.73. The van der Waals surface area contributed by atoms with E-state index in [0.717, 1.165) is 18.5 Å². The molecule has 1 fully saturated rings. The number of guanidine groups is 1. The summed E-state index contributed by atoms with van der Waals surface area (Å²) in [6.07, 6.45) is 4.84. The van der Waals surface area contributed by atoms with Crippen LogP contribution < -0.4 is 21.5 Å². The normalized spacial score (nSPS) is 16.3. The predicted octanol–water partition coefficient (Wildman–Crippen LogP) is 2.23. The zero-order valence-electron chi connectivity index (χ0n) is 12.6. The van der Waals surface area contributed by atoms with Crippen LogP contribution in [0.25, 0.3) is 0 Å². The summed E-state index contributed by atoms with van der Waals surface area (Å²) in [6.45, 7) is 2.10. The Morgan fingerprint density at radius 3 is 2.60 bits per heavy atom. The van der Waals surface area contributed by atoms with Crippen LogP contribution in [-0.4, -0.2) is 26.1 Å². The summed E-state index contributed by atoms with van der Waals surface area (Å²) in [5.41, 5.74) is 6.09. The van der Waals surface area contributed by atoms with Crippen LogP contribution in [0, 0.1) is 6.92 Å². The van der Waals surface area contributed by atoms with Crippen molar-refractivity contribution in [3.8, 4) is 0 Å². The summed E-state index contributed by atoms with van der Waals surface area (Å²) >= 11 is 0. The van der Waals surface area contributed by atoms with Crippen molar-refractivity contribution in [1.29, 1.82) is 0 Å². The highest BCUT2D eigenvalue weighted by Crippen LogP contribution is 2.23. The Morgan fingerprint density at radius 1 is 1.30 bits per heavy atom. The molecule has 1 aliphatic carbocycles. The van der Waals surface area contributed by atoms with Crippen LogP contribution in [0.1, 0.15) is 31.2 Å². The number of nitrogens with one attached hydrogen (secondary N) is 2. The quantitative estimate of drug-likeness (QED) is 0.342. The van der Waals surface area contributed by atoms with Gasteiger partial charge in [-0.1, -0.05) is 18.9 Å². The zero-order chi connectivity index (χ0) is 14.5. The summed E-state index contributed by atoms with van der Waals surface area (Å²) in [6, 6.07) is 6.65. The van der Waals surface area contributed by atoms with E-state index in [9.17, 15) is 0 Å². The standard InChI is InChI=1S/C15H25N5/c1-11-8-9-13(10-14(11)20(2)3)18-15(19-16)17-12-6-4-5-7-12/h8-10,12H,4-7,16H2,1-3H3,(H2,17,18,19). The number of hydrogen-bond acceptors (Lipinski definition) is 3. The van der Waals surface area contributed by atoms with E-state index in [4.69, 9.17) is 5.84 Å². The highest BCUT2D eigenvalue weighted by molar-refractivity contribution is 5.93. The molecule has 0 spiro atoms. The molecule has 0 heterocycles. The number of rotatable bonds is 3. The van der Waals surface area contributed by atoms with Crippen LogP contribution in [0.5, 0.6) is 0 Å². The lowest BCUT2D eigenvalue weighted by Crippen LogP contribution is -2.37. The maximum atomic E-state index is 5.57. The largest absolute Gasteiger partial charge is 0.377 e. The first kappa shape index (κ1) is 14.7. The lowest BCUT2D eigenvalue weighted by Gasteiger charge is -2.18. The van der Waals surface area contributed by atoms with Crippen LogP contribution in [-0.2, 0) is 0 Å². The number of anilines is 2. The van der Waals surface area contributed by atoms with E-state index in [-0.39, 0.29) is 0 Å². The number of aryl methyl sites for hydroxylation is 1. The fourth-order valence-corrected chi connectivity index (χ4v) is 2.63. The lowest BCUT2D eigenvalue weighted by molar-refractivity contribution is 0.700. The summed E-state index contributed by atoms with van der Waals surface area (Å²) in [5.74, 6) is 6.22. The molecule has 0 saturated heterocycles. The highest BCUT2D eigenvalue weighted by Gasteiger charge is 2.14. The summed E-state index contributed by atoms with van der Waals surface area (Å²) in [4.78, 5) is 6.74. The monoisotopic (exact) mass is 275 g/mol. The van der Waals surface area contributed by atoms with Crippen molar-refractivity contribution in [1.82, 2.24) is 5.43 Å². The SMILES string of the molecule is Cc1ccc(NC(=NC2CCCC2)NN)cc1N(C)C. The maximum Gasteiger partial charge on any atom is 0.210 e. The van der Waals surface area contributed by atoms with Gasteiger partial charge in [0.1, 0.15) is 0 Å². The predicted molar refractivity (Wildman–Crippen MR) is 86.1 cm³/mol. The second-order valence-corrected chi connectivity index (χ2v) is 5.58. The second-order valence-electron chi connectivity index (χ2n) is 5.58. The Balaban J connectivity index is 2.12. The van der Waals surface area contributed by atoms with Crippen LogP contribution in [0.2, 0.25) is 0 Å². The van der Waals surface area contributed by atoms with Crippen LogP contribution in [0.4, 0.5) is 11.4 Å². The summed E-state index contributed by atoms with van der Waals surface area (Å²) in [7, 11) is 4.08. The number of hydrazine groups is 1. The molecule has 20 heavy (non-hydrogen) atoms. The molecular formula is C15H25N5. The van der Waals surface area contributed by atoms with E-state index in [1.807, 2.05) is 20.2 Å². The fourth-order valence-electron chi connectivity index (χ4n) is 2.63. The first-order chi connectivity index (χ1) is 9.60. The van der Waals surface area contributed by atoms with Crippen molar-refractivity contribution < 1.29 is 0 Å². The third-order valence-electron chi connectivity index (χ3n) is 3.73. The third kappa shape index (κ3) is 3.63. The molecule has 1 aromatic carbocycles. The molecule has 1 aliphatic rings. The molecule has 110 valence electrons. The average Bonchev–Trinajstić information content (AvgIpc) is 2.92. The molecule has 5 nitrogen and oxygen atoms in total. The summed E-state index contributed by atoms with van der Waals surface area (Å²) < 4.78 is 0. The molecule has 0 amide bonds. The van der Waals surface area contributed by atoms with Gasteiger partial charge in [-0.2, -0.15) is 0 Å². The number of aliphatic imine (C=N–C) groups is 1. The Labute approximate surface area is 121 Å². The first-order valence-corrected chi connectivity index (χ1v) is 7.19.